The predicted octanol–water partition coefficient (Wildman–Crippen LogP) is 2.62. The van der Waals surface area contributed by atoms with Crippen LogP contribution in [0.4, 0.5) is 4.79 Å². The largest absolute Gasteiger partial charge is 0.351 e. The summed E-state index contributed by atoms with van der Waals surface area (Å²) in [7, 11) is 1.62. The molecule has 23 heavy (non-hydrogen) atoms. The Morgan fingerprint density at radius 3 is 2.09 bits per heavy atom. The lowest BCUT2D eigenvalue weighted by atomic mass is 10.1. The standard InChI is InChI=1S/C18H18N2O3/c1-19-16(12-14-8-4-2-5-9-14)17(21)20(18(19)22)23-13-15-10-6-3-7-11-15/h2-11,16H,12-13H2,1H3. The molecule has 0 N–H and O–H groups in total. The van der Waals surface area contributed by atoms with Gasteiger partial charge in [-0.25, -0.2) is 4.79 Å². The molecule has 2 aromatic carbocycles. The van der Waals surface area contributed by atoms with Gasteiger partial charge in [-0.05, 0) is 11.1 Å². The number of imide groups is 1. The second-order valence-electron chi connectivity index (χ2n) is 5.49. The van der Waals surface area contributed by atoms with Gasteiger partial charge in [0.25, 0.3) is 5.91 Å². The van der Waals surface area contributed by atoms with Gasteiger partial charge in [0, 0.05) is 13.5 Å². The maximum absolute atomic E-state index is 12.5. The molecule has 0 aliphatic carbocycles. The van der Waals surface area contributed by atoms with E-state index in [-0.39, 0.29) is 12.5 Å². The van der Waals surface area contributed by atoms with Gasteiger partial charge in [-0.2, -0.15) is 0 Å². The van der Waals surface area contributed by atoms with Crippen molar-refractivity contribution in [2.75, 3.05) is 7.05 Å². The predicted molar refractivity (Wildman–Crippen MR) is 85.2 cm³/mol. The molecule has 2 aromatic rings. The second kappa shape index (κ2) is 6.62. The lowest BCUT2D eigenvalue weighted by Crippen LogP contribution is -2.33. The number of likely N-dealkylation sites (N-methyl/N-ethyl adjacent to an activating group) is 1. The monoisotopic (exact) mass is 310 g/mol. The van der Waals surface area contributed by atoms with E-state index in [1.807, 2.05) is 60.7 Å². The first kappa shape index (κ1) is 15.2. The van der Waals surface area contributed by atoms with Gasteiger partial charge in [0.1, 0.15) is 12.6 Å². The van der Waals surface area contributed by atoms with Crippen molar-refractivity contribution in [3.05, 3.63) is 71.8 Å². The van der Waals surface area contributed by atoms with Crippen LogP contribution in [0.3, 0.4) is 0 Å². The smallest absolute Gasteiger partial charge is 0.313 e. The minimum absolute atomic E-state index is 0.185. The Hall–Kier alpha value is -2.66. The molecular formula is C18H18N2O3. The maximum atomic E-state index is 12.5. The first-order chi connectivity index (χ1) is 11.2. The molecule has 1 atom stereocenters. The van der Waals surface area contributed by atoms with Crippen LogP contribution >= 0.6 is 0 Å². The minimum atomic E-state index is -0.527. The van der Waals surface area contributed by atoms with Crippen LogP contribution in [0.2, 0.25) is 0 Å². The number of carbonyl (C=O) groups excluding carboxylic acids is 2. The summed E-state index contributed by atoms with van der Waals surface area (Å²) in [6, 6.07) is 18.1. The minimum Gasteiger partial charge on any atom is -0.313 e. The SMILES string of the molecule is CN1C(=O)N(OCc2ccccc2)C(=O)C1Cc1ccccc1. The van der Waals surface area contributed by atoms with Crippen LogP contribution in [-0.4, -0.2) is 35.0 Å². The summed E-state index contributed by atoms with van der Waals surface area (Å²) >= 11 is 0. The first-order valence-electron chi connectivity index (χ1n) is 7.48. The van der Waals surface area contributed by atoms with E-state index in [2.05, 4.69) is 0 Å². The van der Waals surface area contributed by atoms with E-state index in [1.54, 1.807) is 7.05 Å². The highest BCUT2D eigenvalue weighted by Gasteiger charge is 2.44. The Morgan fingerprint density at radius 2 is 1.48 bits per heavy atom. The number of nitrogens with zero attached hydrogens (tertiary/aromatic N) is 2. The van der Waals surface area contributed by atoms with Crippen molar-refractivity contribution in [1.29, 1.82) is 0 Å². The molecule has 1 fully saturated rings. The fraction of sp³-hybridized carbons (Fsp3) is 0.222. The molecule has 1 unspecified atom stereocenters. The summed E-state index contributed by atoms with van der Waals surface area (Å²) in [5.41, 5.74) is 1.91. The Balaban J connectivity index is 1.68. The molecule has 3 rings (SSSR count). The van der Waals surface area contributed by atoms with Crippen molar-refractivity contribution in [1.82, 2.24) is 9.96 Å². The average Bonchev–Trinajstić information content (AvgIpc) is 2.79. The van der Waals surface area contributed by atoms with Gasteiger partial charge in [-0.1, -0.05) is 60.7 Å². The quantitative estimate of drug-likeness (QED) is 0.798. The van der Waals surface area contributed by atoms with E-state index in [0.29, 0.717) is 6.42 Å². The highest BCUT2D eigenvalue weighted by molar-refractivity contribution is 6.03. The molecule has 1 aliphatic rings. The summed E-state index contributed by atoms with van der Waals surface area (Å²) in [5, 5.41) is 0.876. The molecule has 1 saturated heterocycles. The summed E-state index contributed by atoms with van der Waals surface area (Å²) in [4.78, 5) is 31.6. The van der Waals surface area contributed by atoms with Gasteiger partial charge < -0.3 is 4.90 Å². The van der Waals surface area contributed by atoms with Crippen LogP contribution in [0, 0.1) is 0 Å². The van der Waals surface area contributed by atoms with Crippen LogP contribution in [0.15, 0.2) is 60.7 Å². The first-order valence-corrected chi connectivity index (χ1v) is 7.48. The molecule has 0 bridgehead atoms. The fourth-order valence-electron chi connectivity index (χ4n) is 2.57. The van der Waals surface area contributed by atoms with E-state index in [0.717, 1.165) is 16.2 Å². The Kier molecular flexibility index (Phi) is 4.39. The second-order valence-corrected chi connectivity index (χ2v) is 5.49. The summed E-state index contributed by atoms with van der Waals surface area (Å²) in [6.07, 6.45) is 0.479. The van der Waals surface area contributed by atoms with Crippen LogP contribution < -0.4 is 0 Å². The summed E-state index contributed by atoms with van der Waals surface area (Å²) in [6.45, 7) is 0.185. The highest BCUT2D eigenvalue weighted by atomic mass is 16.7. The van der Waals surface area contributed by atoms with Crippen molar-refractivity contribution in [3.63, 3.8) is 0 Å². The Labute approximate surface area is 135 Å². The number of urea groups is 1. The van der Waals surface area contributed by atoms with Gasteiger partial charge in [0.15, 0.2) is 0 Å². The van der Waals surface area contributed by atoms with Gasteiger partial charge in [-0.15, -0.1) is 5.06 Å². The third-order valence-corrected chi connectivity index (χ3v) is 3.90. The number of carbonyl (C=O) groups is 2. The van der Waals surface area contributed by atoms with Gasteiger partial charge in [-0.3, -0.25) is 9.63 Å². The molecule has 5 nitrogen and oxygen atoms in total. The van der Waals surface area contributed by atoms with Crippen molar-refractivity contribution >= 4 is 11.9 Å². The van der Waals surface area contributed by atoms with Gasteiger partial charge in [0.05, 0.1) is 0 Å². The number of rotatable bonds is 5. The highest BCUT2D eigenvalue weighted by Crippen LogP contribution is 2.20. The number of hydrogen-bond acceptors (Lipinski definition) is 3. The summed E-state index contributed by atoms with van der Waals surface area (Å²) in [5.74, 6) is -0.322. The topological polar surface area (TPSA) is 49.9 Å². The molecule has 0 saturated carbocycles. The molecule has 0 spiro atoms. The fourth-order valence-corrected chi connectivity index (χ4v) is 2.57. The molecular weight excluding hydrogens is 292 g/mol. The maximum Gasteiger partial charge on any atom is 0.351 e. The zero-order valence-electron chi connectivity index (χ0n) is 12.9. The van der Waals surface area contributed by atoms with Crippen molar-refractivity contribution in [3.8, 4) is 0 Å². The van der Waals surface area contributed by atoms with Crippen LogP contribution in [0.5, 0.6) is 0 Å². The molecule has 3 amide bonds. The lowest BCUT2D eigenvalue weighted by molar-refractivity contribution is -0.167. The van der Waals surface area contributed by atoms with Crippen molar-refractivity contribution in [2.24, 2.45) is 0 Å². The van der Waals surface area contributed by atoms with Crippen LogP contribution in [-0.2, 0) is 22.7 Å². The molecule has 118 valence electrons. The lowest BCUT2D eigenvalue weighted by Gasteiger charge is -2.15. The van der Waals surface area contributed by atoms with E-state index < -0.39 is 12.1 Å². The van der Waals surface area contributed by atoms with E-state index in [9.17, 15) is 9.59 Å². The van der Waals surface area contributed by atoms with E-state index in [1.165, 1.54) is 4.90 Å². The molecule has 0 radical (unpaired) electrons. The van der Waals surface area contributed by atoms with E-state index in [4.69, 9.17) is 4.84 Å². The number of hydroxylamine groups is 2. The molecule has 0 aromatic heterocycles. The van der Waals surface area contributed by atoms with Crippen molar-refractivity contribution in [2.45, 2.75) is 19.1 Å². The molecule has 5 heteroatoms. The van der Waals surface area contributed by atoms with Crippen LogP contribution in [0.1, 0.15) is 11.1 Å². The number of amides is 3. The number of hydrogen-bond donors (Lipinski definition) is 0. The van der Waals surface area contributed by atoms with Gasteiger partial charge >= 0.3 is 6.03 Å². The Bertz CT molecular complexity index is 688. The van der Waals surface area contributed by atoms with Gasteiger partial charge in [0.2, 0.25) is 0 Å². The Morgan fingerprint density at radius 1 is 0.913 bits per heavy atom. The molecule has 1 aliphatic heterocycles. The summed E-state index contributed by atoms with van der Waals surface area (Å²) < 4.78 is 0. The zero-order chi connectivity index (χ0) is 16.2. The average molecular weight is 310 g/mol. The van der Waals surface area contributed by atoms with Crippen molar-refractivity contribution < 1.29 is 14.4 Å². The third-order valence-electron chi connectivity index (χ3n) is 3.90. The van der Waals surface area contributed by atoms with E-state index >= 15 is 0 Å². The van der Waals surface area contributed by atoms with Crippen LogP contribution in [0.25, 0.3) is 0 Å². The third kappa shape index (κ3) is 3.24. The zero-order valence-corrected chi connectivity index (χ0v) is 12.9. The molecule has 1 heterocycles. The number of benzene rings is 2. The normalized spacial score (nSPS) is 17.9.